The molecule has 8 heteroatoms. The summed E-state index contributed by atoms with van der Waals surface area (Å²) in [6.07, 6.45) is 0.550. The zero-order valence-corrected chi connectivity index (χ0v) is 15.1. The molecule has 1 N–H and O–H groups in total. The zero-order chi connectivity index (χ0) is 19.2. The predicted molar refractivity (Wildman–Crippen MR) is 98.1 cm³/mol. The number of fused-ring (bicyclic) bond motifs is 3. The summed E-state index contributed by atoms with van der Waals surface area (Å²) in [5.41, 5.74) is 0.672. The van der Waals surface area contributed by atoms with Crippen molar-refractivity contribution in [3.05, 3.63) is 53.8 Å². The molecule has 2 amide bonds. The molecule has 0 unspecified atom stereocenters. The quantitative estimate of drug-likeness (QED) is 0.820. The van der Waals surface area contributed by atoms with Crippen LogP contribution in [0, 0.1) is 5.82 Å². The third-order valence-corrected chi connectivity index (χ3v) is 6.14. The Bertz CT molecular complexity index is 980. The standard InChI is InChI=1S/C19H15FN2O4S/c1-26-17(24)11-6-7-12(20)13(10-11)21-18(25)19-9-8-16(23)22(19)14-4-2-3-5-15(14)27-19/h2-7,10H,8-9H2,1H3,(H,21,25)/t19-/m1/s1. The molecule has 1 atom stereocenters. The van der Waals surface area contributed by atoms with Gasteiger partial charge in [-0.2, -0.15) is 0 Å². The van der Waals surface area contributed by atoms with Gasteiger partial charge in [-0.05, 0) is 36.8 Å². The highest BCUT2D eigenvalue weighted by Crippen LogP contribution is 2.56. The maximum absolute atomic E-state index is 14.2. The number of nitrogens with zero attached hydrogens (tertiary/aromatic N) is 1. The molecule has 0 bridgehead atoms. The number of ether oxygens (including phenoxy) is 1. The van der Waals surface area contributed by atoms with E-state index in [0.29, 0.717) is 12.1 Å². The van der Waals surface area contributed by atoms with E-state index in [2.05, 4.69) is 10.1 Å². The van der Waals surface area contributed by atoms with E-state index in [4.69, 9.17) is 0 Å². The van der Waals surface area contributed by atoms with Crippen LogP contribution in [-0.4, -0.2) is 29.8 Å². The number of halogens is 1. The first kappa shape index (κ1) is 17.5. The number of hydrogen-bond donors (Lipinski definition) is 1. The Hall–Kier alpha value is -2.87. The van der Waals surface area contributed by atoms with Crippen molar-refractivity contribution in [2.45, 2.75) is 22.6 Å². The molecular weight excluding hydrogens is 371 g/mol. The second kappa shape index (κ2) is 6.38. The fourth-order valence-corrected chi connectivity index (χ4v) is 4.80. The Morgan fingerprint density at radius 2 is 2.04 bits per heavy atom. The van der Waals surface area contributed by atoms with Crippen LogP contribution in [0.5, 0.6) is 0 Å². The predicted octanol–water partition coefficient (Wildman–Crippen LogP) is 3.18. The second-order valence-corrected chi connectivity index (χ2v) is 7.54. The molecule has 0 spiro atoms. The van der Waals surface area contributed by atoms with Gasteiger partial charge in [-0.1, -0.05) is 23.9 Å². The minimum absolute atomic E-state index is 0.119. The molecule has 1 saturated heterocycles. The van der Waals surface area contributed by atoms with Crippen LogP contribution in [0.25, 0.3) is 0 Å². The van der Waals surface area contributed by atoms with Crippen molar-refractivity contribution >= 4 is 40.9 Å². The maximum Gasteiger partial charge on any atom is 0.337 e. The van der Waals surface area contributed by atoms with Gasteiger partial charge in [0.25, 0.3) is 5.91 Å². The number of benzene rings is 2. The lowest BCUT2D eigenvalue weighted by molar-refractivity contribution is -0.121. The molecule has 27 heavy (non-hydrogen) atoms. The number of methoxy groups -OCH3 is 1. The van der Waals surface area contributed by atoms with E-state index in [1.54, 1.807) is 12.1 Å². The summed E-state index contributed by atoms with van der Waals surface area (Å²) in [7, 11) is 1.22. The van der Waals surface area contributed by atoms with Crippen LogP contribution in [0.15, 0.2) is 47.4 Å². The smallest absolute Gasteiger partial charge is 0.337 e. The van der Waals surface area contributed by atoms with E-state index in [9.17, 15) is 18.8 Å². The van der Waals surface area contributed by atoms with E-state index in [-0.39, 0.29) is 23.6 Å². The van der Waals surface area contributed by atoms with Gasteiger partial charge < -0.3 is 10.1 Å². The third-order valence-electron chi connectivity index (χ3n) is 4.66. The Balaban J connectivity index is 1.68. The van der Waals surface area contributed by atoms with Crippen molar-refractivity contribution in [3.8, 4) is 0 Å². The van der Waals surface area contributed by atoms with Crippen LogP contribution in [0.2, 0.25) is 0 Å². The molecule has 0 aromatic heterocycles. The van der Waals surface area contributed by atoms with Crippen LogP contribution >= 0.6 is 11.8 Å². The van der Waals surface area contributed by atoms with Gasteiger partial charge in [0.1, 0.15) is 5.82 Å². The molecule has 2 heterocycles. The molecule has 0 aliphatic carbocycles. The molecule has 6 nitrogen and oxygen atoms in total. The number of hydrogen-bond acceptors (Lipinski definition) is 5. The molecule has 4 rings (SSSR count). The molecule has 2 aliphatic rings. The van der Waals surface area contributed by atoms with E-state index >= 15 is 0 Å². The lowest BCUT2D eigenvalue weighted by atomic mass is 10.1. The number of nitrogens with one attached hydrogen (secondary N) is 1. The van der Waals surface area contributed by atoms with Crippen molar-refractivity contribution in [2.75, 3.05) is 17.3 Å². The highest BCUT2D eigenvalue weighted by atomic mass is 32.2. The lowest BCUT2D eigenvalue weighted by Crippen LogP contribution is -2.49. The molecule has 2 aromatic rings. The van der Waals surface area contributed by atoms with Crippen molar-refractivity contribution < 1.29 is 23.5 Å². The number of para-hydroxylation sites is 1. The van der Waals surface area contributed by atoms with Crippen LogP contribution < -0.4 is 10.2 Å². The highest BCUT2D eigenvalue weighted by Gasteiger charge is 2.57. The van der Waals surface area contributed by atoms with Crippen molar-refractivity contribution in [1.29, 1.82) is 0 Å². The first-order valence-corrected chi connectivity index (χ1v) is 9.08. The number of amides is 2. The molecule has 2 aromatic carbocycles. The van der Waals surface area contributed by atoms with Crippen LogP contribution in [-0.2, 0) is 14.3 Å². The Kier molecular flexibility index (Phi) is 4.15. The lowest BCUT2D eigenvalue weighted by Gasteiger charge is -2.29. The molecule has 0 saturated carbocycles. The Morgan fingerprint density at radius 1 is 1.26 bits per heavy atom. The number of thioether (sulfide) groups is 1. The van der Waals surface area contributed by atoms with E-state index in [1.165, 1.54) is 35.9 Å². The fraction of sp³-hybridized carbons (Fsp3) is 0.211. The van der Waals surface area contributed by atoms with Gasteiger partial charge in [0.2, 0.25) is 5.91 Å². The number of carbonyl (C=O) groups excluding carboxylic acids is 3. The first-order valence-electron chi connectivity index (χ1n) is 8.27. The zero-order valence-electron chi connectivity index (χ0n) is 14.3. The summed E-state index contributed by atoms with van der Waals surface area (Å²) in [5.74, 6) is -1.96. The van der Waals surface area contributed by atoms with Crippen LogP contribution in [0.3, 0.4) is 0 Å². The largest absolute Gasteiger partial charge is 0.465 e. The monoisotopic (exact) mass is 386 g/mol. The normalized spacial score (nSPS) is 20.2. The fourth-order valence-electron chi connectivity index (χ4n) is 3.38. The van der Waals surface area contributed by atoms with Crippen molar-refractivity contribution in [1.82, 2.24) is 0 Å². The van der Waals surface area contributed by atoms with E-state index in [1.807, 2.05) is 12.1 Å². The molecule has 138 valence electrons. The van der Waals surface area contributed by atoms with Gasteiger partial charge in [0, 0.05) is 11.3 Å². The van der Waals surface area contributed by atoms with Gasteiger partial charge in [-0.15, -0.1) is 0 Å². The summed E-state index contributed by atoms with van der Waals surface area (Å²) < 4.78 is 18.8. The van der Waals surface area contributed by atoms with Gasteiger partial charge >= 0.3 is 5.97 Å². The van der Waals surface area contributed by atoms with E-state index in [0.717, 1.165) is 11.0 Å². The maximum atomic E-state index is 14.2. The second-order valence-electron chi connectivity index (χ2n) is 6.22. The molecular formula is C19H15FN2O4S. The molecule has 2 aliphatic heterocycles. The Morgan fingerprint density at radius 3 is 2.81 bits per heavy atom. The summed E-state index contributed by atoms with van der Waals surface area (Å²) in [4.78, 5) is 38.4. The number of anilines is 2. The van der Waals surface area contributed by atoms with Crippen LogP contribution in [0.4, 0.5) is 15.8 Å². The number of rotatable bonds is 3. The summed E-state index contributed by atoms with van der Waals surface area (Å²) >= 11 is 1.29. The average molecular weight is 386 g/mol. The highest BCUT2D eigenvalue weighted by molar-refractivity contribution is 8.02. The number of carbonyl (C=O) groups is 3. The Labute approximate surface area is 158 Å². The minimum Gasteiger partial charge on any atom is -0.465 e. The average Bonchev–Trinajstić information content (AvgIpc) is 3.18. The minimum atomic E-state index is -1.16. The topological polar surface area (TPSA) is 75.7 Å². The van der Waals surface area contributed by atoms with Crippen molar-refractivity contribution in [2.24, 2.45) is 0 Å². The van der Waals surface area contributed by atoms with Crippen LogP contribution in [0.1, 0.15) is 23.2 Å². The number of esters is 1. The molecule has 1 fully saturated rings. The SMILES string of the molecule is COC(=O)c1ccc(F)c(NC(=O)[C@]23CCC(=O)N2c2ccccc2S3)c1. The van der Waals surface area contributed by atoms with Gasteiger partial charge in [-0.3, -0.25) is 14.5 Å². The van der Waals surface area contributed by atoms with Gasteiger partial charge in [0.15, 0.2) is 4.87 Å². The summed E-state index contributed by atoms with van der Waals surface area (Å²) in [6.45, 7) is 0. The summed E-state index contributed by atoms with van der Waals surface area (Å²) in [5, 5.41) is 2.55. The first-order chi connectivity index (χ1) is 13.0. The van der Waals surface area contributed by atoms with Gasteiger partial charge in [0.05, 0.1) is 24.0 Å². The third kappa shape index (κ3) is 2.68. The summed E-state index contributed by atoms with van der Waals surface area (Å²) in [6, 6.07) is 10.9. The van der Waals surface area contributed by atoms with E-state index < -0.39 is 22.6 Å². The van der Waals surface area contributed by atoms with Gasteiger partial charge in [-0.25, -0.2) is 9.18 Å². The van der Waals surface area contributed by atoms with Crippen molar-refractivity contribution in [3.63, 3.8) is 0 Å². The molecule has 0 radical (unpaired) electrons.